The van der Waals surface area contributed by atoms with E-state index in [1.165, 1.54) is 0 Å². The molecule has 1 heterocycles. The molecule has 0 saturated heterocycles. The van der Waals surface area contributed by atoms with E-state index < -0.39 is 0 Å². The summed E-state index contributed by atoms with van der Waals surface area (Å²) < 4.78 is 0. The highest BCUT2D eigenvalue weighted by atomic mass is 16.2. The number of imide groups is 1. The molecule has 140 valence electrons. The minimum atomic E-state index is -0.359. The fourth-order valence-corrected chi connectivity index (χ4v) is 3.22. The van der Waals surface area contributed by atoms with Gasteiger partial charge in [0.1, 0.15) is 0 Å². The van der Waals surface area contributed by atoms with Gasteiger partial charge in [0.25, 0.3) is 11.8 Å². The number of para-hydroxylation sites is 1. The van der Waals surface area contributed by atoms with Crippen LogP contribution < -0.4 is 10.6 Å². The quantitative estimate of drug-likeness (QED) is 0.796. The molecular weight excluding hydrogens is 342 g/mol. The largest absolute Gasteiger partial charge is 0.336 e. The Bertz CT molecular complexity index is 870. The van der Waals surface area contributed by atoms with Crippen LogP contribution in [-0.4, -0.2) is 35.8 Å². The van der Waals surface area contributed by atoms with E-state index in [2.05, 4.69) is 24.5 Å². The summed E-state index contributed by atoms with van der Waals surface area (Å²) in [7, 11) is 0. The summed E-state index contributed by atoms with van der Waals surface area (Å²) in [6, 6.07) is 12.3. The van der Waals surface area contributed by atoms with Crippen molar-refractivity contribution in [2.75, 3.05) is 18.4 Å². The number of carbonyl (C=O) groups is 3. The van der Waals surface area contributed by atoms with Crippen LogP contribution in [0.1, 0.15) is 51.6 Å². The third kappa shape index (κ3) is 3.69. The maximum absolute atomic E-state index is 12.3. The Morgan fingerprint density at radius 3 is 2.22 bits per heavy atom. The molecule has 0 aromatic heterocycles. The third-order valence-corrected chi connectivity index (χ3v) is 4.66. The summed E-state index contributed by atoms with van der Waals surface area (Å²) in [4.78, 5) is 38.1. The molecule has 0 bridgehead atoms. The molecule has 4 amide bonds. The molecular formula is C21H23N3O3. The lowest BCUT2D eigenvalue weighted by Crippen LogP contribution is -2.39. The Balaban J connectivity index is 1.59. The van der Waals surface area contributed by atoms with Crippen molar-refractivity contribution in [2.24, 2.45) is 0 Å². The zero-order valence-corrected chi connectivity index (χ0v) is 15.7. The standard InChI is InChI=1S/C21H23N3O3/c1-13(2)15-10-6-7-14(3)18(15)23-21(27)22-11-12-24-19(25)16-8-4-5-9-17(16)20(24)26/h4-10,13H,11-12H2,1-3H3,(H2,22,23,27). The van der Waals surface area contributed by atoms with Gasteiger partial charge in [-0.25, -0.2) is 4.79 Å². The number of aryl methyl sites for hydroxylation is 1. The highest BCUT2D eigenvalue weighted by molar-refractivity contribution is 6.21. The number of nitrogens with one attached hydrogen (secondary N) is 2. The topological polar surface area (TPSA) is 78.5 Å². The van der Waals surface area contributed by atoms with Crippen LogP contribution in [0, 0.1) is 6.92 Å². The van der Waals surface area contributed by atoms with Crippen LogP contribution in [0.3, 0.4) is 0 Å². The second-order valence-corrected chi connectivity index (χ2v) is 6.88. The Hall–Kier alpha value is -3.15. The second-order valence-electron chi connectivity index (χ2n) is 6.88. The smallest absolute Gasteiger partial charge is 0.319 e. The number of hydrogen-bond donors (Lipinski definition) is 2. The molecule has 0 fully saturated rings. The average Bonchev–Trinajstić information content (AvgIpc) is 2.88. The van der Waals surface area contributed by atoms with Gasteiger partial charge in [0.05, 0.1) is 11.1 Å². The maximum atomic E-state index is 12.3. The van der Waals surface area contributed by atoms with Crippen molar-refractivity contribution in [3.8, 4) is 0 Å². The van der Waals surface area contributed by atoms with Gasteiger partial charge in [0.15, 0.2) is 0 Å². The van der Waals surface area contributed by atoms with Gasteiger partial charge in [-0.2, -0.15) is 0 Å². The minimum Gasteiger partial charge on any atom is -0.336 e. The molecule has 2 N–H and O–H groups in total. The van der Waals surface area contributed by atoms with Gasteiger partial charge in [-0.1, -0.05) is 44.2 Å². The van der Waals surface area contributed by atoms with E-state index in [1.807, 2.05) is 25.1 Å². The molecule has 0 radical (unpaired) electrons. The first kappa shape index (κ1) is 18.6. The predicted molar refractivity (Wildman–Crippen MR) is 104 cm³/mol. The molecule has 6 heteroatoms. The Kier molecular flexibility index (Phi) is 5.26. The van der Waals surface area contributed by atoms with Crippen LogP contribution >= 0.6 is 0 Å². The lowest BCUT2D eigenvalue weighted by Gasteiger charge is -2.18. The Morgan fingerprint density at radius 2 is 1.63 bits per heavy atom. The number of carbonyl (C=O) groups excluding carboxylic acids is 3. The molecule has 0 aliphatic carbocycles. The number of nitrogens with zero attached hydrogens (tertiary/aromatic N) is 1. The van der Waals surface area contributed by atoms with Crippen LogP contribution in [-0.2, 0) is 0 Å². The molecule has 27 heavy (non-hydrogen) atoms. The third-order valence-electron chi connectivity index (χ3n) is 4.66. The first-order valence-electron chi connectivity index (χ1n) is 8.99. The number of hydrogen-bond acceptors (Lipinski definition) is 3. The number of anilines is 1. The van der Waals surface area contributed by atoms with Gasteiger partial charge in [-0.3, -0.25) is 14.5 Å². The summed E-state index contributed by atoms with van der Waals surface area (Å²) >= 11 is 0. The summed E-state index contributed by atoms with van der Waals surface area (Å²) in [5.41, 5.74) is 3.66. The highest BCUT2D eigenvalue weighted by Gasteiger charge is 2.34. The normalized spacial score (nSPS) is 13.1. The number of urea groups is 1. The van der Waals surface area contributed by atoms with E-state index in [1.54, 1.807) is 24.3 Å². The molecule has 0 saturated carbocycles. The zero-order valence-electron chi connectivity index (χ0n) is 15.7. The molecule has 3 rings (SSSR count). The predicted octanol–water partition coefficient (Wildman–Crippen LogP) is 3.54. The molecule has 1 aliphatic rings. The number of benzene rings is 2. The van der Waals surface area contributed by atoms with Crippen LogP contribution in [0.15, 0.2) is 42.5 Å². The number of rotatable bonds is 5. The van der Waals surface area contributed by atoms with E-state index in [9.17, 15) is 14.4 Å². The van der Waals surface area contributed by atoms with Crippen molar-refractivity contribution in [1.82, 2.24) is 10.2 Å². The molecule has 1 aliphatic heterocycles. The second kappa shape index (κ2) is 7.61. The summed E-state index contributed by atoms with van der Waals surface area (Å²) in [5, 5.41) is 5.61. The van der Waals surface area contributed by atoms with E-state index in [-0.39, 0.29) is 36.9 Å². The van der Waals surface area contributed by atoms with Gasteiger partial charge < -0.3 is 10.6 Å². The van der Waals surface area contributed by atoms with E-state index in [0.717, 1.165) is 21.7 Å². The summed E-state index contributed by atoms with van der Waals surface area (Å²) in [6.07, 6.45) is 0. The zero-order chi connectivity index (χ0) is 19.6. The van der Waals surface area contributed by atoms with Crippen molar-refractivity contribution in [3.63, 3.8) is 0 Å². The number of fused-ring (bicyclic) bond motifs is 1. The Labute approximate surface area is 158 Å². The SMILES string of the molecule is Cc1cccc(C(C)C)c1NC(=O)NCCN1C(=O)c2ccccc2C1=O. The first-order valence-corrected chi connectivity index (χ1v) is 8.99. The van der Waals surface area contributed by atoms with Gasteiger partial charge in [-0.15, -0.1) is 0 Å². The van der Waals surface area contributed by atoms with Gasteiger partial charge in [0, 0.05) is 18.8 Å². The van der Waals surface area contributed by atoms with Crippen LogP contribution in [0.5, 0.6) is 0 Å². The van der Waals surface area contributed by atoms with E-state index in [4.69, 9.17) is 0 Å². The van der Waals surface area contributed by atoms with Gasteiger partial charge in [-0.05, 0) is 36.1 Å². The number of amides is 4. The fourth-order valence-electron chi connectivity index (χ4n) is 3.22. The highest BCUT2D eigenvalue weighted by Crippen LogP contribution is 2.27. The van der Waals surface area contributed by atoms with Crippen LogP contribution in [0.25, 0.3) is 0 Å². The van der Waals surface area contributed by atoms with E-state index in [0.29, 0.717) is 11.1 Å². The average molecular weight is 365 g/mol. The molecule has 6 nitrogen and oxygen atoms in total. The monoisotopic (exact) mass is 365 g/mol. The molecule has 0 atom stereocenters. The van der Waals surface area contributed by atoms with Crippen molar-refractivity contribution < 1.29 is 14.4 Å². The van der Waals surface area contributed by atoms with Crippen LogP contribution in [0.2, 0.25) is 0 Å². The van der Waals surface area contributed by atoms with Crippen molar-refractivity contribution in [1.29, 1.82) is 0 Å². The maximum Gasteiger partial charge on any atom is 0.319 e. The molecule has 0 unspecified atom stereocenters. The van der Waals surface area contributed by atoms with Crippen molar-refractivity contribution in [2.45, 2.75) is 26.7 Å². The minimum absolute atomic E-state index is 0.130. The molecule has 2 aromatic rings. The first-order chi connectivity index (χ1) is 12.9. The van der Waals surface area contributed by atoms with Crippen molar-refractivity contribution >= 4 is 23.5 Å². The van der Waals surface area contributed by atoms with Crippen LogP contribution in [0.4, 0.5) is 10.5 Å². The fraction of sp³-hybridized carbons (Fsp3) is 0.286. The van der Waals surface area contributed by atoms with E-state index >= 15 is 0 Å². The molecule has 0 spiro atoms. The molecule has 2 aromatic carbocycles. The lowest BCUT2D eigenvalue weighted by molar-refractivity contribution is 0.0656. The van der Waals surface area contributed by atoms with Crippen molar-refractivity contribution in [3.05, 3.63) is 64.7 Å². The Morgan fingerprint density at radius 1 is 1.00 bits per heavy atom. The van der Waals surface area contributed by atoms with Gasteiger partial charge in [0.2, 0.25) is 0 Å². The summed E-state index contributed by atoms with van der Waals surface area (Å²) in [5.74, 6) is -0.365. The summed E-state index contributed by atoms with van der Waals surface area (Å²) in [6.45, 7) is 6.39. The lowest BCUT2D eigenvalue weighted by atomic mass is 9.98. The van der Waals surface area contributed by atoms with Gasteiger partial charge >= 0.3 is 6.03 Å².